The molecule has 0 aromatic carbocycles. The molecule has 2 aliphatic rings. The largest absolute Gasteiger partial charge is 0.388 e. The smallest absolute Gasteiger partial charge is 0.132 e. The van der Waals surface area contributed by atoms with Gasteiger partial charge in [-0.25, -0.2) is 0 Å². The quantitative estimate of drug-likeness (QED) is 0.827. The first kappa shape index (κ1) is 10.4. The number of nitrogen functional groups attached to an aromatic ring is 1. The highest BCUT2D eigenvalue weighted by Crippen LogP contribution is 2.27. The molecule has 2 fully saturated rings. The zero-order chi connectivity index (χ0) is 11.0. The summed E-state index contributed by atoms with van der Waals surface area (Å²) in [4.78, 5) is 5.03. The van der Waals surface area contributed by atoms with Gasteiger partial charge in [0, 0.05) is 50.3 Å². The van der Waals surface area contributed by atoms with Crippen molar-refractivity contribution in [2.75, 3.05) is 31.9 Å². The van der Waals surface area contributed by atoms with Gasteiger partial charge in [-0.05, 0) is 12.8 Å². The van der Waals surface area contributed by atoms with Gasteiger partial charge in [0.15, 0.2) is 0 Å². The van der Waals surface area contributed by atoms with Crippen LogP contribution in [0, 0.1) is 0 Å². The number of anilines is 1. The second kappa shape index (κ2) is 4.27. The molecular weight excluding hydrogens is 222 g/mol. The third-order valence-corrected chi connectivity index (χ3v) is 4.02. The minimum Gasteiger partial charge on any atom is -0.388 e. The van der Waals surface area contributed by atoms with E-state index in [9.17, 15) is 0 Å². The molecule has 0 amide bonds. The lowest BCUT2D eigenvalue weighted by atomic mass is 10.3. The minimum absolute atomic E-state index is 0.768. The second-order valence-corrected chi connectivity index (χ2v) is 5.41. The predicted molar refractivity (Wildman–Crippen MR) is 64.2 cm³/mol. The summed E-state index contributed by atoms with van der Waals surface area (Å²) >= 11 is 1.29. The zero-order valence-electron chi connectivity index (χ0n) is 9.30. The van der Waals surface area contributed by atoms with Gasteiger partial charge < -0.3 is 5.73 Å². The maximum Gasteiger partial charge on any atom is 0.132 e. The molecule has 2 N–H and O–H groups in total. The number of hydrogen-bond acceptors (Lipinski definition) is 6. The summed E-state index contributed by atoms with van der Waals surface area (Å²) in [5.41, 5.74) is 6.75. The van der Waals surface area contributed by atoms with Gasteiger partial charge >= 0.3 is 0 Å². The third-order valence-electron chi connectivity index (χ3n) is 3.43. The van der Waals surface area contributed by atoms with Crippen molar-refractivity contribution < 1.29 is 0 Å². The molecule has 0 radical (unpaired) electrons. The number of nitrogens with two attached hydrogens (primary N) is 1. The van der Waals surface area contributed by atoms with Gasteiger partial charge in [0.2, 0.25) is 0 Å². The van der Waals surface area contributed by atoms with E-state index in [2.05, 4.69) is 19.4 Å². The van der Waals surface area contributed by atoms with Crippen LogP contribution in [0.2, 0.25) is 0 Å². The molecule has 6 heteroatoms. The molecule has 1 saturated carbocycles. The van der Waals surface area contributed by atoms with E-state index in [1.807, 2.05) is 0 Å². The summed E-state index contributed by atoms with van der Waals surface area (Å²) in [5.74, 6) is 0. The monoisotopic (exact) mass is 239 g/mol. The molecule has 88 valence electrons. The minimum atomic E-state index is 0.768. The zero-order valence-corrected chi connectivity index (χ0v) is 10.1. The van der Waals surface area contributed by atoms with Crippen LogP contribution in [-0.2, 0) is 6.54 Å². The van der Waals surface area contributed by atoms with Crippen molar-refractivity contribution in [2.24, 2.45) is 0 Å². The standard InChI is InChI=1S/C10H17N5S/c11-10-9(12-13-16-10)7-14-3-5-15(6-4-14)8-1-2-8/h8H,1-7,11H2. The number of piperazine rings is 1. The van der Waals surface area contributed by atoms with Gasteiger partial charge in [-0.1, -0.05) is 4.49 Å². The Balaban J connectivity index is 1.52. The molecule has 1 aromatic heterocycles. The van der Waals surface area contributed by atoms with Crippen LogP contribution < -0.4 is 5.73 Å². The predicted octanol–water partition coefficient (Wildman–Crippen LogP) is 0.400. The van der Waals surface area contributed by atoms with Crippen molar-refractivity contribution in [2.45, 2.75) is 25.4 Å². The highest BCUT2D eigenvalue weighted by molar-refractivity contribution is 7.09. The van der Waals surface area contributed by atoms with E-state index in [-0.39, 0.29) is 0 Å². The fourth-order valence-electron chi connectivity index (χ4n) is 2.26. The van der Waals surface area contributed by atoms with Gasteiger partial charge in [-0.3, -0.25) is 9.80 Å². The van der Waals surface area contributed by atoms with Crippen LogP contribution in [0.5, 0.6) is 0 Å². The molecule has 3 rings (SSSR count). The Morgan fingerprint density at radius 2 is 2.00 bits per heavy atom. The van der Waals surface area contributed by atoms with Gasteiger partial charge in [0.05, 0.1) is 0 Å². The normalized spacial score (nSPS) is 23.8. The maximum atomic E-state index is 5.80. The fourth-order valence-corrected chi connectivity index (χ4v) is 2.70. The summed E-state index contributed by atoms with van der Waals surface area (Å²) in [5, 5.41) is 4.83. The molecule has 1 aliphatic carbocycles. The number of hydrogen-bond donors (Lipinski definition) is 1. The lowest BCUT2D eigenvalue weighted by molar-refractivity contribution is 0.120. The summed E-state index contributed by atoms with van der Waals surface area (Å²) in [6.07, 6.45) is 2.81. The van der Waals surface area contributed by atoms with Crippen molar-refractivity contribution >= 4 is 16.5 Å². The van der Waals surface area contributed by atoms with Crippen LogP contribution in [0.1, 0.15) is 18.5 Å². The first-order chi connectivity index (χ1) is 7.83. The Morgan fingerprint density at radius 1 is 1.25 bits per heavy atom. The Bertz CT molecular complexity index is 354. The molecule has 1 saturated heterocycles. The number of nitrogens with zero attached hydrogens (tertiary/aromatic N) is 4. The highest BCUT2D eigenvalue weighted by Gasteiger charge is 2.31. The Labute approximate surface area is 99.4 Å². The highest BCUT2D eigenvalue weighted by atomic mass is 32.1. The topological polar surface area (TPSA) is 58.3 Å². The lowest BCUT2D eigenvalue weighted by Gasteiger charge is -2.34. The van der Waals surface area contributed by atoms with Gasteiger partial charge in [0.25, 0.3) is 0 Å². The van der Waals surface area contributed by atoms with Crippen molar-refractivity contribution in [1.29, 1.82) is 0 Å². The summed E-state index contributed by atoms with van der Waals surface area (Å²) < 4.78 is 3.87. The SMILES string of the molecule is Nc1snnc1CN1CCN(C2CC2)CC1. The van der Waals surface area contributed by atoms with Crippen LogP contribution in [0.3, 0.4) is 0 Å². The van der Waals surface area contributed by atoms with Crippen LogP contribution in [0.15, 0.2) is 0 Å². The summed E-state index contributed by atoms with van der Waals surface area (Å²) in [6, 6.07) is 0.896. The van der Waals surface area contributed by atoms with Gasteiger partial charge in [0.1, 0.15) is 10.7 Å². The Kier molecular flexibility index (Phi) is 2.79. The van der Waals surface area contributed by atoms with Crippen LogP contribution in [0.4, 0.5) is 5.00 Å². The van der Waals surface area contributed by atoms with E-state index < -0.39 is 0 Å². The molecule has 0 spiro atoms. The molecule has 1 aliphatic heterocycles. The average molecular weight is 239 g/mol. The first-order valence-corrected chi connectivity index (χ1v) is 6.63. The van der Waals surface area contributed by atoms with E-state index >= 15 is 0 Å². The van der Waals surface area contributed by atoms with E-state index in [1.165, 1.54) is 37.5 Å². The molecule has 16 heavy (non-hydrogen) atoms. The van der Waals surface area contributed by atoms with Crippen LogP contribution in [0.25, 0.3) is 0 Å². The van der Waals surface area contributed by atoms with Gasteiger partial charge in [-0.2, -0.15) is 0 Å². The molecule has 2 heterocycles. The first-order valence-electron chi connectivity index (χ1n) is 5.86. The molecule has 0 atom stereocenters. The van der Waals surface area contributed by atoms with E-state index in [0.29, 0.717) is 0 Å². The molecule has 5 nitrogen and oxygen atoms in total. The number of rotatable bonds is 3. The maximum absolute atomic E-state index is 5.80. The van der Waals surface area contributed by atoms with Crippen molar-refractivity contribution in [3.05, 3.63) is 5.69 Å². The Morgan fingerprint density at radius 3 is 2.56 bits per heavy atom. The summed E-state index contributed by atoms with van der Waals surface area (Å²) in [6.45, 7) is 5.52. The van der Waals surface area contributed by atoms with E-state index in [1.54, 1.807) is 0 Å². The van der Waals surface area contributed by atoms with Crippen molar-refractivity contribution in [3.8, 4) is 0 Å². The van der Waals surface area contributed by atoms with Gasteiger partial charge in [-0.15, -0.1) is 5.10 Å². The third kappa shape index (κ3) is 2.18. The van der Waals surface area contributed by atoms with Crippen molar-refractivity contribution in [3.63, 3.8) is 0 Å². The Hall–Kier alpha value is -0.720. The molecule has 1 aromatic rings. The molecule has 0 unspecified atom stereocenters. The molecular formula is C10H17N5S. The lowest BCUT2D eigenvalue weighted by Crippen LogP contribution is -2.46. The van der Waals surface area contributed by atoms with E-state index in [4.69, 9.17) is 5.73 Å². The average Bonchev–Trinajstić information content (AvgIpc) is 3.07. The molecule has 0 bridgehead atoms. The number of aromatic nitrogens is 2. The van der Waals surface area contributed by atoms with Crippen LogP contribution >= 0.6 is 11.5 Å². The fraction of sp³-hybridized carbons (Fsp3) is 0.800. The van der Waals surface area contributed by atoms with E-state index in [0.717, 1.165) is 36.4 Å². The van der Waals surface area contributed by atoms with Crippen molar-refractivity contribution in [1.82, 2.24) is 19.4 Å². The van der Waals surface area contributed by atoms with Crippen LogP contribution in [-0.4, -0.2) is 51.6 Å². The second-order valence-electron chi connectivity index (χ2n) is 4.63. The summed E-state index contributed by atoms with van der Waals surface area (Å²) in [7, 11) is 0.